The predicted octanol–water partition coefficient (Wildman–Crippen LogP) is 2.46. The number of methoxy groups -OCH3 is 1. The number of esters is 1. The summed E-state index contributed by atoms with van der Waals surface area (Å²) >= 11 is 0. The lowest BCUT2D eigenvalue weighted by Gasteiger charge is -2.22. The lowest BCUT2D eigenvalue weighted by Crippen LogP contribution is -2.45. The third-order valence-corrected chi connectivity index (χ3v) is 4.76. The highest BCUT2D eigenvalue weighted by atomic mass is 16.5. The summed E-state index contributed by atoms with van der Waals surface area (Å²) in [5.41, 5.74) is 0.821. The molecular formula is C22H25N3O4. The van der Waals surface area contributed by atoms with Gasteiger partial charge in [0.05, 0.1) is 19.7 Å². The molecule has 7 heteroatoms. The zero-order valence-corrected chi connectivity index (χ0v) is 16.6. The van der Waals surface area contributed by atoms with E-state index in [2.05, 4.69) is 15.6 Å². The van der Waals surface area contributed by atoms with E-state index in [1.54, 1.807) is 6.92 Å². The summed E-state index contributed by atoms with van der Waals surface area (Å²) in [6.45, 7) is 2.26. The number of alkyl carbamates (subject to hydrolysis) is 1. The van der Waals surface area contributed by atoms with Crippen molar-refractivity contribution in [3.05, 3.63) is 71.8 Å². The van der Waals surface area contributed by atoms with Crippen LogP contribution in [0.3, 0.4) is 0 Å². The maximum Gasteiger partial charge on any atom is 0.408 e. The lowest BCUT2D eigenvalue weighted by atomic mass is 9.92. The fourth-order valence-corrected chi connectivity index (χ4v) is 3.22. The Bertz CT molecular complexity index is 870. The maximum atomic E-state index is 12.5. The second-order valence-electron chi connectivity index (χ2n) is 6.96. The smallest absolute Gasteiger partial charge is 0.408 e. The molecule has 0 radical (unpaired) electrons. The molecule has 0 saturated carbocycles. The zero-order chi connectivity index (χ0) is 20.7. The average Bonchev–Trinajstić information content (AvgIpc) is 3.18. The minimum atomic E-state index is -1.06. The average molecular weight is 395 g/mol. The summed E-state index contributed by atoms with van der Waals surface area (Å²) in [5, 5.41) is 5.88. The molecule has 0 saturated heterocycles. The first-order chi connectivity index (χ1) is 14.0. The summed E-state index contributed by atoms with van der Waals surface area (Å²) in [6, 6.07) is 18.6. The minimum Gasteiger partial charge on any atom is -0.467 e. The van der Waals surface area contributed by atoms with E-state index in [0.717, 1.165) is 11.1 Å². The van der Waals surface area contributed by atoms with Crippen LogP contribution in [0.4, 0.5) is 4.79 Å². The summed E-state index contributed by atoms with van der Waals surface area (Å²) in [4.78, 5) is 29.2. The van der Waals surface area contributed by atoms with E-state index in [4.69, 9.17) is 9.47 Å². The Morgan fingerprint density at radius 3 is 2.34 bits per heavy atom. The van der Waals surface area contributed by atoms with E-state index in [0.29, 0.717) is 18.8 Å². The number of ether oxygens (including phenoxy) is 2. The van der Waals surface area contributed by atoms with Gasteiger partial charge in [-0.25, -0.2) is 14.6 Å². The van der Waals surface area contributed by atoms with E-state index >= 15 is 0 Å². The van der Waals surface area contributed by atoms with Gasteiger partial charge in [-0.15, -0.1) is 0 Å². The molecule has 3 rings (SSSR count). The van der Waals surface area contributed by atoms with Crippen molar-refractivity contribution >= 4 is 17.9 Å². The van der Waals surface area contributed by atoms with Gasteiger partial charge in [-0.2, -0.15) is 0 Å². The molecule has 2 aromatic carbocycles. The van der Waals surface area contributed by atoms with Gasteiger partial charge in [0.15, 0.2) is 5.54 Å². The van der Waals surface area contributed by atoms with Gasteiger partial charge < -0.3 is 20.1 Å². The number of rotatable bonds is 7. The molecule has 0 fully saturated rings. The maximum absolute atomic E-state index is 12.5. The molecule has 1 amide bonds. The van der Waals surface area contributed by atoms with Gasteiger partial charge in [0.25, 0.3) is 0 Å². The Balaban J connectivity index is 1.65. The molecule has 152 valence electrons. The van der Waals surface area contributed by atoms with Crippen LogP contribution >= 0.6 is 0 Å². The molecule has 1 heterocycles. The van der Waals surface area contributed by atoms with E-state index in [1.807, 2.05) is 60.7 Å². The normalized spacial score (nSPS) is 18.9. The standard InChI is InChI=1S/C22H25N3O4/c1-16(24-21(27)29-14-18-11-7-4-8-12-18)19-23-15-22(25-19,20(26)28-2)13-17-9-5-3-6-10-17/h3-12,16H,13-15H2,1-2H3,(H,23,25)(H,24,27). The highest BCUT2D eigenvalue weighted by molar-refractivity contribution is 5.96. The number of benzene rings is 2. The number of aliphatic imine (C=N–C) groups is 1. The molecule has 0 aliphatic carbocycles. The molecule has 0 bridgehead atoms. The van der Waals surface area contributed by atoms with Crippen LogP contribution in [0.15, 0.2) is 65.7 Å². The van der Waals surface area contributed by atoms with Crippen LogP contribution in [0, 0.1) is 0 Å². The Labute approximate surface area is 170 Å². The number of hydrogen-bond donors (Lipinski definition) is 2. The van der Waals surface area contributed by atoms with Crippen molar-refractivity contribution in [2.24, 2.45) is 4.99 Å². The van der Waals surface area contributed by atoms with Crippen molar-refractivity contribution in [2.75, 3.05) is 13.7 Å². The van der Waals surface area contributed by atoms with Crippen molar-refractivity contribution in [3.63, 3.8) is 0 Å². The van der Waals surface area contributed by atoms with Crippen molar-refractivity contribution in [1.82, 2.24) is 10.6 Å². The van der Waals surface area contributed by atoms with Gasteiger partial charge in [-0.3, -0.25) is 0 Å². The molecule has 7 nitrogen and oxygen atoms in total. The van der Waals surface area contributed by atoms with E-state index in [-0.39, 0.29) is 6.61 Å². The van der Waals surface area contributed by atoms with Crippen LogP contribution in [-0.4, -0.2) is 43.1 Å². The highest BCUT2D eigenvalue weighted by Crippen LogP contribution is 2.24. The van der Waals surface area contributed by atoms with Crippen LogP contribution in [-0.2, 0) is 27.3 Å². The lowest BCUT2D eigenvalue weighted by molar-refractivity contribution is -0.146. The predicted molar refractivity (Wildman–Crippen MR) is 110 cm³/mol. The number of amides is 1. The third-order valence-electron chi connectivity index (χ3n) is 4.76. The quantitative estimate of drug-likeness (QED) is 0.703. The molecule has 2 N–H and O–H groups in total. The van der Waals surface area contributed by atoms with Crippen LogP contribution in [0.5, 0.6) is 0 Å². The van der Waals surface area contributed by atoms with Crippen LogP contribution in [0.1, 0.15) is 18.1 Å². The fourth-order valence-electron chi connectivity index (χ4n) is 3.22. The Hall–Kier alpha value is -3.35. The zero-order valence-electron chi connectivity index (χ0n) is 16.6. The minimum absolute atomic E-state index is 0.180. The molecule has 29 heavy (non-hydrogen) atoms. The first-order valence-electron chi connectivity index (χ1n) is 9.45. The first-order valence-corrected chi connectivity index (χ1v) is 9.45. The molecule has 1 aliphatic rings. The van der Waals surface area contributed by atoms with Gasteiger partial charge in [-0.1, -0.05) is 60.7 Å². The number of nitrogens with zero attached hydrogens (tertiary/aromatic N) is 1. The van der Waals surface area contributed by atoms with E-state index in [1.165, 1.54) is 7.11 Å². The Kier molecular flexibility index (Phi) is 6.49. The third kappa shape index (κ3) is 5.13. The molecule has 0 spiro atoms. The van der Waals surface area contributed by atoms with Gasteiger partial charge in [-0.05, 0) is 18.1 Å². The summed E-state index contributed by atoms with van der Waals surface area (Å²) in [7, 11) is 1.35. The highest BCUT2D eigenvalue weighted by Gasteiger charge is 2.44. The second-order valence-corrected chi connectivity index (χ2v) is 6.96. The summed E-state index contributed by atoms with van der Waals surface area (Å²) in [5.74, 6) is 0.102. The Morgan fingerprint density at radius 2 is 1.72 bits per heavy atom. The SMILES string of the molecule is COC(=O)C1(Cc2ccccc2)CNC(C(C)NC(=O)OCc2ccccc2)=N1. The molecule has 0 aromatic heterocycles. The molecule has 2 unspecified atom stereocenters. The number of nitrogens with one attached hydrogen (secondary N) is 2. The van der Waals surface area contributed by atoms with Crippen molar-refractivity contribution in [2.45, 2.75) is 31.5 Å². The van der Waals surface area contributed by atoms with Gasteiger partial charge >= 0.3 is 12.1 Å². The molecule has 2 aromatic rings. The van der Waals surface area contributed by atoms with Crippen LogP contribution in [0.2, 0.25) is 0 Å². The number of carbonyl (C=O) groups excluding carboxylic acids is 2. The van der Waals surface area contributed by atoms with Crippen LogP contribution < -0.4 is 10.6 Å². The van der Waals surface area contributed by atoms with E-state index < -0.39 is 23.6 Å². The Morgan fingerprint density at radius 1 is 1.10 bits per heavy atom. The number of amidine groups is 1. The second kappa shape index (κ2) is 9.23. The molecule has 2 atom stereocenters. The largest absolute Gasteiger partial charge is 0.467 e. The van der Waals surface area contributed by atoms with Crippen molar-refractivity contribution in [1.29, 1.82) is 0 Å². The summed E-state index contributed by atoms with van der Waals surface area (Å²) in [6.07, 6.45) is -0.146. The van der Waals surface area contributed by atoms with Gasteiger partial charge in [0, 0.05) is 6.42 Å². The number of hydrogen-bond acceptors (Lipinski definition) is 6. The topological polar surface area (TPSA) is 89.0 Å². The fraction of sp³-hybridized carbons (Fsp3) is 0.318. The van der Waals surface area contributed by atoms with Gasteiger partial charge in [0.2, 0.25) is 0 Å². The number of carbonyl (C=O) groups is 2. The monoisotopic (exact) mass is 395 g/mol. The van der Waals surface area contributed by atoms with Gasteiger partial charge in [0.1, 0.15) is 12.4 Å². The molecule has 1 aliphatic heterocycles. The molecular weight excluding hydrogens is 370 g/mol. The summed E-state index contributed by atoms with van der Waals surface area (Å²) < 4.78 is 10.3. The van der Waals surface area contributed by atoms with Crippen molar-refractivity contribution < 1.29 is 19.1 Å². The van der Waals surface area contributed by atoms with E-state index in [9.17, 15) is 9.59 Å². The van der Waals surface area contributed by atoms with Crippen LogP contribution in [0.25, 0.3) is 0 Å². The first kappa shape index (κ1) is 20.4. The van der Waals surface area contributed by atoms with Crippen molar-refractivity contribution in [3.8, 4) is 0 Å².